The first-order chi connectivity index (χ1) is 17.4. The highest BCUT2D eigenvalue weighted by atomic mass is 32.2. The van der Waals surface area contributed by atoms with E-state index in [0.717, 1.165) is 22.2 Å². The van der Waals surface area contributed by atoms with E-state index in [9.17, 15) is 19.5 Å². The number of nitrogens with one attached hydrogen (secondary N) is 2. The van der Waals surface area contributed by atoms with E-state index in [-0.39, 0.29) is 22.3 Å². The number of benzene rings is 3. The molecule has 1 atom stereocenters. The van der Waals surface area contributed by atoms with Gasteiger partial charge in [-0.1, -0.05) is 43.0 Å². The number of hydrogen-bond donors (Lipinski definition) is 3. The predicted octanol–water partition coefficient (Wildman–Crippen LogP) is 5.87. The number of aromatic nitrogens is 2. The highest BCUT2D eigenvalue weighted by Gasteiger charge is 2.18. The first-order valence-corrected chi connectivity index (χ1v) is 13.6. The molecule has 0 aliphatic rings. The average Bonchev–Trinajstić information content (AvgIpc) is 3.31. The number of fused-ring (bicyclic) bond motifs is 1. The maximum Gasteiger partial charge on any atom is 0.336 e. The lowest BCUT2D eigenvalue weighted by molar-refractivity contribution is -0.115. The summed E-state index contributed by atoms with van der Waals surface area (Å²) in [5.41, 5.74) is 0.915. The van der Waals surface area contributed by atoms with Crippen LogP contribution in [0, 0.1) is 0 Å². The van der Waals surface area contributed by atoms with Crippen LogP contribution in [0.25, 0.3) is 10.8 Å². The molecule has 4 aromatic rings. The molecule has 3 aromatic carbocycles. The van der Waals surface area contributed by atoms with Gasteiger partial charge in [0, 0.05) is 33.1 Å². The predicted molar refractivity (Wildman–Crippen MR) is 146 cm³/mol. The van der Waals surface area contributed by atoms with Crippen molar-refractivity contribution in [3.8, 4) is 0 Å². The van der Waals surface area contributed by atoms with Crippen molar-refractivity contribution in [2.45, 2.75) is 29.1 Å². The first kappa shape index (κ1) is 25.7. The Morgan fingerprint density at radius 1 is 1.00 bits per heavy atom. The third kappa shape index (κ3) is 6.04. The molecule has 0 spiro atoms. The Bertz CT molecular complexity index is 1420. The van der Waals surface area contributed by atoms with Gasteiger partial charge in [-0.25, -0.2) is 4.79 Å². The van der Waals surface area contributed by atoms with Crippen molar-refractivity contribution >= 4 is 74.4 Å². The second kappa shape index (κ2) is 11.5. The number of carbonyl (C=O) groups is 3. The number of carbonyl (C=O) groups excluding carboxylic acids is 2. The van der Waals surface area contributed by atoms with Crippen LogP contribution in [-0.4, -0.2) is 43.3 Å². The highest BCUT2D eigenvalue weighted by Crippen LogP contribution is 2.28. The van der Waals surface area contributed by atoms with Crippen LogP contribution in [-0.2, 0) is 4.79 Å². The number of hydrogen-bond acceptors (Lipinski definition) is 8. The van der Waals surface area contributed by atoms with Gasteiger partial charge in [0.2, 0.25) is 16.2 Å². The lowest BCUT2D eigenvalue weighted by Crippen LogP contribution is -2.22. The minimum atomic E-state index is -1.09. The van der Waals surface area contributed by atoms with Crippen LogP contribution < -0.4 is 10.6 Å². The Balaban J connectivity index is 1.41. The Labute approximate surface area is 220 Å². The molecule has 8 nitrogen and oxygen atoms in total. The summed E-state index contributed by atoms with van der Waals surface area (Å²) in [6, 6.07) is 17.1. The van der Waals surface area contributed by atoms with E-state index >= 15 is 0 Å². The molecule has 1 unspecified atom stereocenters. The summed E-state index contributed by atoms with van der Waals surface area (Å²) in [7, 11) is 0. The average molecular weight is 539 g/mol. The minimum Gasteiger partial charge on any atom is -0.478 e. The highest BCUT2D eigenvalue weighted by molar-refractivity contribution is 8.00. The zero-order valence-corrected chi connectivity index (χ0v) is 21.8. The van der Waals surface area contributed by atoms with Crippen LogP contribution in [0.15, 0.2) is 70.7 Å². The quantitative estimate of drug-likeness (QED) is 0.226. The fraction of sp³-hybridized carbons (Fsp3) is 0.160. The molecule has 0 radical (unpaired) electrons. The van der Waals surface area contributed by atoms with Crippen LogP contribution in [0.4, 0.5) is 10.8 Å². The summed E-state index contributed by atoms with van der Waals surface area (Å²) in [6.45, 7) is 3.82. The van der Waals surface area contributed by atoms with Crippen LogP contribution in [0.2, 0.25) is 0 Å². The molecule has 1 aromatic heterocycles. The van der Waals surface area contributed by atoms with E-state index in [1.165, 1.54) is 29.6 Å². The maximum absolute atomic E-state index is 13.0. The number of carboxylic acid groups (broad SMARTS) is 1. The number of anilines is 2. The monoisotopic (exact) mass is 538 g/mol. The first-order valence-electron chi connectivity index (χ1n) is 11.0. The molecule has 3 N–H and O–H groups in total. The summed E-state index contributed by atoms with van der Waals surface area (Å²) >= 11 is 4.05. The summed E-state index contributed by atoms with van der Waals surface area (Å²) in [5.74, 6) is -0.809. The summed E-state index contributed by atoms with van der Waals surface area (Å²) < 4.78 is 4.20. The van der Waals surface area contributed by atoms with Crippen LogP contribution >= 0.6 is 35.1 Å². The Morgan fingerprint density at radius 2 is 1.69 bits per heavy atom. The number of amides is 2. The number of carboxylic acids is 1. The van der Waals surface area contributed by atoms with Gasteiger partial charge in [0.1, 0.15) is 0 Å². The normalized spacial score (nSPS) is 11.7. The van der Waals surface area contributed by atoms with Crippen LogP contribution in [0.1, 0.15) is 34.6 Å². The topological polar surface area (TPSA) is 121 Å². The molecular formula is C25H22N4O4S3. The van der Waals surface area contributed by atoms with E-state index in [1.807, 2.05) is 19.1 Å². The van der Waals surface area contributed by atoms with Crippen molar-refractivity contribution < 1.29 is 19.5 Å². The number of thioether (sulfide) groups is 2. The van der Waals surface area contributed by atoms with E-state index in [1.54, 1.807) is 49.4 Å². The molecule has 0 aliphatic heterocycles. The Morgan fingerprint density at radius 3 is 2.36 bits per heavy atom. The second-order valence-electron chi connectivity index (χ2n) is 7.56. The summed E-state index contributed by atoms with van der Waals surface area (Å²) in [5, 5.41) is 17.0. The second-order valence-corrected chi connectivity index (χ2v) is 11.0. The van der Waals surface area contributed by atoms with Crippen molar-refractivity contribution in [1.82, 2.24) is 9.36 Å². The van der Waals surface area contributed by atoms with Gasteiger partial charge in [0.15, 0.2) is 0 Å². The molecule has 4 rings (SSSR count). The van der Waals surface area contributed by atoms with Crippen molar-refractivity contribution in [2.75, 3.05) is 16.4 Å². The number of nitrogens with zero attached hydrogens (tertiary/aromatic N) is 2. The number of rotatable bonds is 9. The Kier molecular flexibility index (Phi) is 8.24. The Hall–Kier alpha value is -3.41. The van der Waals surface area contributed by atoms with Crippen molar-refractivity contribution in [2.24, 2.45) is 0 Å². The zero-order valence-electron chi connectivity index (χ0n) is 19.3. The lowest BCUT2D eigenvalue weighted by atomic mass is 9.98. The van der Waals surface area contributed by atoms with Crippen LogP contribution in [0.5, 0.6) is 0 Å². The lowest BCUT2D eigenvalue weighted by Gasteiger charge is -2.12. The van der Waals surface area contributed by atoms with Gasteiger partial charge >= 0.3 is 5.97 Å². The zero-order chi connectivity index (χ0) is 25.7. The van der Waals surface area contributed by atoms with Crippen LogP contribution in [0.3, 0.4) is 0 Å². The third-order valence-corrected chi connectivity index (χ3v) is 7.67. The van der Waals surface area contributed by atoms with E-state index in [0.29, 0.717) is 26.7 Å². The van der Waals surface area contributed by atoms with E-state index in [4.69, 9.17) is 0 Å². The van der Waals surface area contributed by atoms with E-state index in [2.05, 4.69) is 20.0 Å². The molecule has 1 heterocycles. The number of aromatic carboxylic acids is 1. The maximum atomic E-state index is 13.0. The smallest absolute Gasteiger partial charge is 0.336 e. The van der Waals surface area contributed by atoms with Gasteiger partial charge in [-0.05, 0) is 54.5 Å². The molecule has 0 saturated carbocycles. The van der Waals surface area contributed by atoms with Crippen molar-refractivity contribution in [3.05, 3.63) is 71.8 Å². The minimum absolute atomic E-state index is 0.0751. The molecule has 2 amide bonds. The van der Waals surface area contributed by atoms with E-state index < -0.39 is 11.9 Å². The molecular weight excluding hydrogens is 517 g/mol. The largest absolute Gasteiger partial charge is 0.478 e. The molecule has 0 bridgehead atoms. The SMILES string of the molecule is CCSc1nsc(NC(=O)C(C)Sc2ccc(NC(=O)c3cccc4cccc(C(=O)O)c34)cc2)n1. The van der Waals surface area contributed by atoms with Gasteiger partial charge in [0.25, 0.3) is 5.91 Å². The summed E-state index contributed by atoms with van der Waals surface area (Å²) in [6.07, 6.45) is 0. The van der Waals surface area contributed by atoms with Gasteiger partial charge in [-0.3, -0.25) is 14.9 Å². The van der Waals surface area contributed by atoms with Gasteiger partial charge in [0.05, 0.1) is 10.8 Å². The molecule has 0 fully saturated rings. The molecule has 36 heavy (non-hydrogen) atoms. The summed E-state index contributed by atoms with van der Waals surface area (Å²) in [4.78, 5) is 42.4. The third-order valence-electron chi connectivity index (χ3n) is 5.08. The molecule has 11 heteroatoms. The van der Waals surface area contributed by atoms with Crippen molar-refractivity contribution in [1.29, 1.82) is 0 Å². The standard InChI is InChI=1S/C25H22N4O4S3/c1-3-34-25-28-24(36-29-25)27-21(30)14(2)35-17-12-10-16(11-13-17)26-22(31)18-8-4-6-15-7-5-9-19(20(15)18)23(32)33/h4-14H,3H2,1-2H3,(H,26,31)(H,32,33)(H,27,28,29,30). The van der Waals surface area contributed by atoms with Gasteiger partial charge in [-0.2, -0.15) is 9.36 Å². The molecule has 0 saturated heterocycles. The fourth-order valence-corrected chi connectivity index (χ4v) is 5.58. The fourth-order valence-electron chi connectivity index (χ4n) is 3.44. The van der Waals surface area contributed by atoms with Crippen molar-refractivity contribution in [3.63, 3.8) is 0 Å². The van der Waals surface area contributed by atoms with Gasteiger partial charge < -0.3 is 10.4 Å². The van der Waals surface area contributed by atoms with Gasteiger partial charge in [-0.15, -0.1) is 11.8 Å². The molecule has 184 valence electrons. The molecule has 0 aliphatic carbocycles.